The Kier molecular flexibility index (Phi) is 5.42. The topological polar surface area (TPSA) is 28.2 Å². The smallest absolute Gasteiger partial charge is 0.0589 e. The van der Waals surface area contributed by atoms with E-state index in [4.69, 9.17) is 11.6 Å². The van der Waals surface area contributed by atoms with Crippen molar-refractivity contribution in [3.8, 4) is 0 Å². The number of hydrogen-bond acceptors (Lipinski definition) is 3. The predicted molar refractivity (Wildman–Crippen MR) is 75.8 cm³/mol. The number of hydrogen-bond donors (Lipinski definition) is 1. The molecule has 1 aromatic rings. The molecule has 1 aromatic heterocycles. The first-order valence-electron chi connectivity index (χ1n) is 6.80. The number of piperidine rings is 1. The monoisotopic (exact) mass is 267 g/mol. The van der Waals surface area contributed by atoms with Crippen molar-refractivity contribution in [3.63, 3.8) is 0 Å². The van der Waals surface area contributed by atoms with E-state index >= 15 is 0 Å². The number of likely N-dealkylation sites (tertiary alicyclic amines) is 1. The highest BCUT2D eigenvalue weighted by atomic mass is 35.5. The van der Waals surface area contributed by atoms with E-state index in [2.05, 4.69) is 22.1 Å². The molecule has 0 spiro atoms. The summed E-state index contributed by atoms with van der Waals surface area (Å²) >= 11 is 5.81. The second-order valence-corrected chi connectivity index (χ2v) is 5.55. The fraction of sp³-hybridized carbons (Fsp3) is 0.643. The molecule has 1 saturated heterocycles. The van der Waals surface area contributed by atoms with E-state index in [0.717, 1.165) is 18.8 Å². The van der Waals surface area contributed by atoms with Gasteiger partial charge < -0.3 is 10.2 Å². The first-order chi connectivity index (χ1) is 8.74. The Hall–Kier alpha value is -0.640. The van der Waals surface area contributed by atoms with Crippen LogP contribution in [-0.4, -0.2) is 35.6 Å². The van der Waals surface area contributed by atoms with E-state index in [1.165, 1.54) is 32.4 Å². The number of rotatable bonds is 5. The molecule has 1 atom stereocenters. The maximum absolute atomic E-state index is 5.81. The summed E-state index contributed by atoms with van der Waals surface area (Å²) in [5, 5.41) is 4.21. The Morgan fingerprint density at radius 2 is 2.11 bits per heavy atom. The second kappa shape index (κ2) is 7.07. The van der Waals surface area contributed by atoms with Crippen molar-refractivity contribution in [1.82, 2.24) is 15.2 Å². The quantitative estimate of drug-likeness (QED) is 0.889. The molecular weight excluding hydrogens is 246 g/mol. The van der Waals surface area contributed by atoms with Gasteiger partial charge in [-0.2, -0.15) is 0 Å². The van der Waals surface area contributed by atoms with Gasteiger partial charge in [-0.15, -0.1) is 0 Å². The Balaban J connectivity index is 1.70. The summed E-state index contributed by atoms with van der Waals surface area (Å²) in [6.45, 7) is 6.70. The number of halogens is 1. The van der Waals surface area contributed by atoms with Crippen LogP contribution in [0.3, 0.4) is 0 Å². The standard InChI is InChI=1S/C14H22ClN3/c1-12(11-18-7-3-2-4-8-18)16-10-14-6-5-13(15)9-17-14/h5-6,9,12,16H,2-4,7-8,10-11H2,1H3. The van der Waals surface area contributed by atoms with Gasteiger partial charge in [-0.25, -0.2) is 0 Å². The zero-order chi connectivity index (χ0) is 12.8. The van der Waals surface area contributed by atoms with Crippen molar-refractivity contribution in [1.29, 1.82) is 0 Å². The summed E-state index contributed by atoms with van der Waals surface area (Å²) in [5.74, 6) is 0. The molecule has 2 heterocycles. The van der Waals surface area contributed by atoms with Gasteiger partial charge in [0.1, 0.15) is 0 Å². The van der Waals surface area contributed by atoms with Gasteiger partial charge in [0, 0.05) is 25.3 Å². The second-order valence-electron chi connectivity index (χ2n) is 5.11. The van der Waals surface area contributed by atoms with Gasteiger partial charge in [0.25, 0.3) is 0 Å². The molecule has 1 aliphatic heterocycles. The number of nitrogens with zero attached hydrogens (tertiary/aromatic N) is 2. The summed E-state index contributed by atoms with van der Waals surface area (Å²) in [6, 6.07) is 4.37. The van der Waals surface area contributed by atoms with Crippen LogP contribution in [0.25, 0.3) is 0 Å². The van der Waals surface area contributed by atoms with Crippen LogP contribution in [0.2, 0.25) is 5.02 Å². The minimum atomic E-state index is 0.501. The molecule has 0 bridgehead atoms. The van der Waals surface area contributed by atoms with E-state index in [0.29, 0.717) is 11.1 Å². The third-order valence-electron chi connectivity index (χ3n) is 3.40. The highest BCUT2D eigenvalue weighted by molar-refractivity contribution is 6.30. The van der Waals surface area contributed by atoms with Crippen molar-refractivity contribution in [3.05, 3.63) is 29.0 Å². The average Bonchev–Trinajstić information content (AvgIpc) is 2.39. The summed E-state index contributed by atoms with van der Waals surface area (Å²) < 4.78 is 0. The number of aromatic nitrogens is 1. The van der Waals surface area contributed by atoms with Gasteiger partial charge in [0.2, 0.25) is 0 Å². The van der Waals surface area contributed by atoms with Crippen molar-refractivity contribution < 1.29 is 0 Å². The first-order valence-corrected chi connectivity index (χ1v) is 7.18. The molecule has 0 aliphatic carbocycles. The first kappa shape index (κ1) is 13.8. The third kappa shape index (κ3) is 4.56. The molecule has 1 aliphatic rings. The van der Waals surface area contributed by atoms with Gasteiger partial charge in [-0.1, -0.05) is 18.0 Å². The van der Waals surface area contributed by atoms with Crippen molar-refractivity contribution in [2.45, 2.75) is 38.8 Å². The normalized spacial score (nSPS) is 18.8. The van der Waals surface area contributed by atoms with Crippen LogP contribution in [0, 0.1) is 0 Å². The third-order valence-corrected chi connectivity index (χ3v) is 3.62. The zero-order valence-corrected chi connectivity index (χ0v) is 11.8. The van der Waals surface area contributed by atoms with Crippen LogP contribution in [-0.2, 0) is 6.54 Å². The van der Waals surface area contributed by atoms with Crippen molar-refractivity contribution >= 4 is 11.6 Å². The predicted octanol–water partition coefficient (Wildman–Crippen LogP) is 2.70. The lowest BCUT2D eigenvalue weighted by Crippen LogP contribution is -2.41. The van der Waals surface area contributed by atoms with Gasteiger partial charge in [0.05, 0.1) is 10.7 Å². The molecule has 1 N–H and O–H groups in total. The maximum Gasteiger partial charge on any atom is 0.0589 e. The highest BCUT2D eigenvalue weighted by Crippen LogP contribution is 2.09. The van der Waals surface area contributed by atoms with E-state index in [1.54, 1.807) is 6.20 Å². The Bertz CT molecular complexity index is 347. The van der Waals surface area contributed by atoms with Gasteiger partial charge in [0.15, 0.2) is 0 Å². The molecular formula is C14H22ClN3. The Morgan fingerprint density at radius 3 is 2.78 bits per heavy atom. The molecule has 18 heavy (non-hydrogen) atoms. The zero-order valence-electron chi connectivity index (χ0n) is 11.0. The average molecular weight is 268 g/mol. The van der Waals surface area contributed by atoms with Crippen LogP contribution >= 0.6 is 11.6 Å². The summed E-state index contributed by atoms with van der Waals surface area (Å²) in [6.07, 6.45) is 5.80. The molecule has 2 rings (SSSR count). The molecule has 1 unspecified atom stereocenters. The van der Waals surface area contributed by atoms with Crippen LogP contribution in [0.1, 0.15) is 31.9 Å². The Morgan fingerprint density at radius 1 is 1.33 bits per heavy atom. The molecule has 4 heteroatoms. The van der Waals surface area contributed by atoms with Crippen molar-refractivity contribution in [2.75, 3.05) is 19.6 Å². The minimum absolute atomic E-state index is 0.501. The van der Waals surface area contributed by atoms with Crippen LogP contribution in [0.5, 0.6) is 0 Å². The molecule has 0 radical (unpaired) electrons. The van der Waals surface area contributed by atoms with Crippen LogP contribution < -0.4 is 5.32 Å². The van der Waals surface area contributed by atoms with E-state index < -0.39 is 0 Å². The molecule has 0 saturated carbocycles. The summed E-state index contributed by atoms with van der Waals surface area (Å²) in [4.78, 5) is 6.84. The molecule has 1 fully saturated rings. The lowest BCUT2D eigenvalue weighted by atomic mass is 10.1. The van der Waals surface area contributed by atoms with Gasteiger partial charge >= 0.3 is 0 Å². The molecule has 3 nitrogen and oxygen atoms in total. The van der Waals surface area contributed by atoms with E-state index in [1.807, 2.05) is 12.1 Å². The van der Waals surface area contributed by atoms with Gasteiger partial charge in [-0.05, 0) is 45.0 Å². The SMILES string of the molecule is CC(CN1CCCCC1)NCc1ccc(Cl)cn1. The number of pyridine rings is 1. The van der Waals surface area contributed by atoms with E-state index in [-0.39, 0.29) is 0 Å². The lowest BCUT2D eigenvalue weighted by Gasteiger charge is -2.29. The van der Waals surface area contributed by atoms with Crippen LogP contribution in [0.15, 0.2) is 18.3 Å². The number of nitrogens with one attached hydrogen (secondary N) is 1. The van der Waals surface area contributed by atoms with E-state index in [9.17, 15) is 0 Å². The fourth-order valence-electron chi connectivity index (χ4n) is 2.38. The maximum atomic E-state index is 5.81. The molecule has 100 valence electrons. The largest absolute Gasteiger partial charge is 0.307 e. The highest BCUT2D eigenvalue weighted by Gasteiger charge is 2.12. The Labute approximate surface area is 115 Å². The summed E-state index contributed by atoms with van der Waals surface area (Å²) in [5.41, 5.74) is 1.05. The molecule has 0 amide bonds. The van der Waals surface area contributed by atoms with Gasteiger partial charge in [-0.3, -0.25) is 4.98 Å². The molecule has 0 aromatic carbocycles. The lowest BCUT2D eigenvalue weighted by molar-refractivity contribution is 0.208. The van der Waals surface area contributed by atoms with Crippen molar-refractivity contribution in [2.24, 2.45) is 0 Å². The fourth-order valence-corrected chi connectivity index (χ4v) is 2.50. The summed E-state index contributed by atoms with van der Waals surface area (Å²) in [7, 11) is 0. The van der Waals surface area contributed by atoms with Crippen LogP contribution in [0.4, 0.5) is 0 Å². The minimum Gasteiger partial charge on any atom is -0.307 e.